The van der Waals surface area contributed by atoms with Crippen molar-refractivity contribution in [3.05, 3.63) is 0 Å². The summed E-state index contributed by atoms with van der Waals surface area (Å²) in [5.74, 6) is -1.63. The van der Waals surface area contributed by atoms with Crippen molar-refractivity contribution in [2.24, 2.45) is 5.41 Å². The molecule has 0 aromatic rings. The summed E-state index contributed by atoms with van der Waals surface area (Å²) >= 11 is 0. The molecule has 2 amide bonds. The molecule has 1 unspecified atom stereocenters. The van der Waals surface area contributed by atoms with Crippen LogP contribution in [0.3, 0.4) is 0 Å². The van der Waals surface area contributed by atoms with Crippen LogP contribution in [0.2, 0.25) is 0 Å². The van der Waals surface area contributed by atoms with Gasteiger partial charge in [0.1, 0.15) is 0 Å². The van der Waals surface area contributed by atoms with Crippen LogP contribution in [0.1, 0.15) is 26.2 Å². The lowest BCUT2D eigenvalue weighted by atomic mass is 9.84. The number of nitrogens with one attached hydrogen (secondary N) is 1. The Morgan fingerprint density at radius 2 is 2.23 bits per heavy atom. The Morgan fingerprint density at radius 1 is 1.62 bits per heavy atom. The molecule has 1 aliphatic rings. The highest BCUT2D eigenvalue weighted by Crippen LogP contribution is 2.31. The molecule has 1 heterocycles. The number of carboxylic acids is 1. The quantitative estimate of drug-likeness (QED) is 0.601. The van der Waals surface area contributed by atoms with E-state index in [1.807, 2.05) is 0 Å². The van der Waals surface area contributed by atoms with Crippen LogP contribution in [0, 0.1) is 5.41 Å². The summed E-state index contributed by atoms with van der Waals surface area (Å²) in [6, 6.07) is 0. The Labute approximate surface area is 75.1 Å². The molecular weight excluding hydrogens is 174 g/mol. The third kappa shape index (κ3) is 2.05. The predicted octanol–water partition coefficient (Wildman–Crippen LogP) is -0.0960. The minimum absolute atomic E-state index is 0.0861. The Balaban J connectivity index is 2.60. The van der Waals surface area contributed by atoms with Crippen molar-refractivity contribution in [3.8, 4) is 0 Å². The van der Waals surface area contributed by atoms with E-state index in [1.165, 1.54) is 0 Å². The summed E-state index contributed by atoms with van der Waals surface area (Å²) in [6.45, 7) is 1.61. The monoisotopic (exact) mass is 185 g/mol. The van der Waals surface area contributed by atoms with Crippen molar-refractivity contribution in [3.63, 3.8) is 0 Å². The molecule has 0 radical (unpaired) electrons. The maximum Gasteiger partial charge on any atom is 0.303 e. The van der Waals surface area contributed by atoms with Gasteiger partial charge in [0.2, 0.25) is 11.8 Å². The summed E-state index contributed by atoms with van der Waals surface area (Å²) in [7, 11) is 0. The summed E-state index contributed by atoms with van der Waals surface area (Å²) in [6.07, 6.45) is 0.218. The molecule has 13 heavy (non-hydrogen) atoms. The summed E-state index contributed by atoms with van der Waals surface area (Å²) in [4.78, 5) is 32.3. The lowest BCUT2D eigenvalue weighted by Gasteiger charge is -2.17. The van der Waals surface area contributed by atoms with E-state index in [2.05, 4.69) is 5.32 Å². The van der Waals surface area contributed by atoms with Crippen molar-refractivity contribution >= 4 is 17.8 Å². The molecule has 0 aromatic carbocycles. The van der Waals surface area contributed by atoms with Gasteiger partial charge in [-0.05, 0) is 6.42 Å². The first kappa shape index (κ1) is 9.70. The van der Waals surface area contributed by atoms with Gasteiger partial charge in [-0.1, -0.05) is 6.92 Å². The zero-order valence-electron chi connectivity index (χ0n) is 7.29. The van der Waals surface area contributed by atoms with E-state index in [-0.39, 0.29) is 31.1 Å². The largest absolute Gasteiger partial charge is 0.481 e. The number of carbonyl (C=O) groups is 3. The van der Waals surface area contributed by atoms with E-state index in [0.717, 1.165) is 0 Å². The van der Waals surface area contributed by atoms with Crippen LogP contribution in [-0.4, -0.2) is 22.9 Å². The van der Waals surface area contributed by atoms with Crippen LogP contribution in [-0.2, 0) is 14.4 Å². The second-order valence-corrected chi connectivity index (χ2v) is 3.51. The van der Waals surface area contributed by atoms with Gasteiger partial charge in [0.05, 0.1) is 5.41 Å². The Kier molecular flexibility index (Phi) is 2.36. The predicted molar refractivity (Wildman–Crippen MR) is 42.7 cm³/mol. The topological polar surface area (TPSA) is 83.5 Å². The van der Waals surface area contributed by atoms with E-state index in [1.54, 1.807) is 6.92 Å². The molecule has 1 fully saturated rings. The molecule has 1 atom stereocenters. The lowest BCUT2D eigenvalue weighted by Crippen LogP contribution is -2.29. The lowest BCUT2D eigenvalue weighted by molar-refractivity contribution is -0.138. The summed E-state index contributed by atoms with van der Waals surface area (Å²) < 4.78 is 0. The van der Waals surface area contributed by atoms with Crippen molar-refractivity contribution < 1.29 is 19.5 Å². The Bertz CT molecular complexity index is 273. The highest BCUT2D eigenvalue weighted by atomic mass is 16.4. The molecule has 2 N–H and O–H groups in total. The molecular formula is C8H11NO4. The Hall–Kier alpha value is -1.39. The number of aliphatic carboxylic acids is 1. The van der Waals surface area contributed by atoms with Crippen LogP contribution in [0.4, 0.5) is 0 Å². The maximum absolute atomic E-state index is 11.2. The molecule has 0 spiro atoms. The molecule has 0 aromatic heterocycles. The molecule has 0 bridgehead atoms. The minimum Gasteiger partial charge on any atom is -0.481 e. The highest BCUT2D eigenvalue weighted by molar-refractivity contribution is 6.05. The van der Waals surface area contributed by atoms with Crippen molar-refractivity contribution in [1.82, 2.24) is 5.32 Å². The molecule has 0 aliphatic carbocycles. The van der Waals surface area contributed by atoms with Crippen molar-refractivity contribution in [1.29, 1.82) is 0 Å². The van der Waals surface area contributed by atoms with Crippen molar-refractivity contribution in [2.75, 3.05) is 0 Å². The molecule has 1 saturated heterocycles. The van der Waals surface area contributed by atoms with Crippen LogP contribution < -0.4 is 5.32 Å². The van der Waals surface area contributed by atoms with Crippen LogP contribution >= 0.6 is 0 Å². The summed E-state index contributed by atoms with van der Waals surface area (Å²) in [5.41, 5.74) is -0.824. The molecule has 5 heteroatoms. The fourth-order valence-electron chi connectivity index (χ4n) is 1.34. The molecule has 72 valence electrons. The van der Waals surface area contributed by atoms with E-state index < -0.39 is 11.4 Å². The van der Waals surface area contributed by atoms with E-state index in [0.29, 0.717) is 0 Å². The van der Waals surface area contributed by atoms with Crippen molar-refractivity contribution in [2.45, 2.75) is 26.2 Å². The number of amides is 2. The zero-order valence-corrected chi connectivity index (χ0v) is 7.29. The molecule has 1 aliphatic heterocycles. The van der Waals surface area contributed by atoms with Gasteiger partial charge < -0.3 is 5.11 Å². The van der Waals surface area contributed by atoms with Gasteiger partial charge in [0.25, 0.3) is 0 Å². The molecule has 1 rings (SSSR count). The second-order valence-electron chi connectivity index (χ2n) is 3.51. The first-order chi connectivity index (χ1) is 5.94. The van der Waals surface area contributed by atoms with Gasteiger partial charge >= 0.3 is 5.97 Å². The van der Waals surface area contributed by atoms with Gasteiger partial charge in [0.15, 0.2) is 0 Å². The number of rotatable bonds is 3. The second kappa shape index (κ2) is 3.16. The smallest absolute Gasteiger partial charge is 0.303 e. The van der Waals surface area contributed by atoms with Gasteiger partial charge in [-0.2, -0.15) is 0 Å². The third-order valence-corrected chi connectivity index (χ3v) is 2.24. The van der Waals surface area contributed by atoms with Gasteiger partial charge in [0, 0.05) is 12.8 Å². The average Bonchev–Trinajstić information content (AvgIpc) is 2.23. The average molecular weight is 185 g/mol. The van der Waals surface area contributed by atoms with Gasteiger partial charge in [-0.25, -0.2) is 0 Å². The Morgan fingerprint density at radius 3 is 2.62 bits per heavy atom. The van der Waals surface area contributed by atoms with Crippen LogP contribution in [0.25, 0.3) is 0 Å². The minimum atomic E-state index is -0.951. The zero-order chi connectivity index (χ0) is 10.1. The fourth-order valence-corrected chi connectivity index (χ4v) is 1.34. The van der Waals surface area contributed by atoms with E-state index in [4.69, 9.17) is 5.11 Å². The first-order valence-electron chi connectivity index (χ1n) is 4.00. The van der Waals surface area contributed by atoms with E-state index >= 15 is 0 Å². The van der Waals surface area contributed by atoms with E-state index in [9.17, 15) is 14.4 Å². The molecule has 5 nitrogen and oxygen atoms in total. The number of hydrogen-bond donors (Lipinski definition) is 2. The number of hydrogen-bond acceptors (Lipinski definition) is 3. The normalized spacial score (nSPS) is 27.5. The summed E-state index contributed by atoms with van der Waals surface area (Å²) in [5, 5.41) is 10.6. The number of carbonyl (C=O) groups excluding carboxylic acids is 2. The SMILES string of the molecule is CC1(CCC(=O)O)CC(=O)NC1=O. The van der Waals surface area contributed by atoms with Gasteiger partial charge in [-0.3, -0.25) is 19.7 Å². The standard InChI is InChI=1S/C8H11NO4/c1-8(3-2-6(11)12)4-5(10)9-7(8)13/h2-4H2,1H3,(H,11,12)(H,9,10,13). The molecule has 0 saturated carbocycles. The highest BCUT2D eigenvalue weighted by Gasteiger charge is 2.42. The van der Waals surface area contributed by atoms with Crippen LogP contribution in [0.15, 0.2) is 0 Å². The van der Waals surface area contributed by atoms with Crippen LogP contribution in [0.5, 0.6) is 0 Å². The van der Waals surface area contributed by atoms with Gasteiger partial charge in [-0.15, -0.1) is 0 Å². The first-order valence-corrected chi connectivity index (χ1v) is 4.00. The third-order valence-electron chi connectivity index (χ3n) is 2.24. The maximum atomic E-state index is 11.2. The fraction of sp³-hybridized carbons (Fsp3) is 0.625. The number of imide groups is 1. The number of carboxylic acid groups (broad SMARTS) is 1.